The molecule has 7 aromatic carbocycles. The lowest BCUT2D eigenvalue weighted by molar-refractivity contribution is -0.121. The molecule has 0 spiro atoms. The van der Waals surface area contributed by atoms with Gasteiger partial charge in [-0.3, -0.25) is 33.8 Å². The van der Waals surface area contributed by atoms with Gasteiger partial charge < -0.3 is 41.3 Å². The summed E-state index contributed by atoms with van der Waals surface area (Å²) in [5, 5.41) is 15.8. The average Bonchev–Trinajstić information content (AvgIpc) is 1.63. The predicted molar refractivity (Wildman–Crippen MR) is 447 cm³/mol. The van der Waals surface area contributed by atoms with Crippen LogP contribution < -0.4 is 51.1 Å². The quantitative estimate of drug-likeness (QED) is 0.0891. The molecule has 3 fully saturated rings. The van der Waals surface area contributed by atoms with Gasteiger partial charge in [-0.1, -0.05) is 229 Å². The second kappa shape index (κ2) is 46.7. The fraction of sp³-hybridized carbons (Fsp3) is 0.484. The summed E-state index contributed by atoms with van der Waals surface area (Å²) in [6, 6.07) is 62.1. The van der Waals surface area contributed by atoms with Gasteiger partial charge in [-0.2, -0.15) is 0 Å². The van der Waals surface area contributed by atoms with Crippen molar-refractivity contribution in [3.8, 4) is 0 Å². The summed E-state index contributed by atoms with van der Waals surface area (Å²) in [5.41, 5.74) is 13.7. The van der Waals surface area contributed by atoms with Gasteiger partial charge in [0.1, 0.15) is 0 Å². The van der Waals surface area contributed by atoms with Crippen LogP contribution in [0.25, 0.3) is 0 Å². The van der Waals surface area contributed by atoms with Crippen molar-refractivity contribution in [3.05, 3.63) is 210 Å². The Hall–Kier alpha value is -8.31. The van der Waals surface area contributed by atoms with Crippen molar-refractivity contribution in [3.63, 3.8) is 0 Å². The molecule has 7 aromatic rings. The number of carbonyl (C=O) groups excluding carboxylic acids is 5. The smallest absolute Gasteiger partial charge is 0.248 e. The largest absolute Gasteiger partial charge is 0.309 e. The highest BCUT2D eigenvalue weighted by atomic mass is 16.2. The molecule has 3 saturated carbocycles. The summed E-state index contributed by atoms with van der Waals surface area (Å²) in [6.07, 6.45) is 22.3. The maximum atomic E-state index is 12.9. The minimum Gasteiger partial charge on any atom is -0.309 e. The number of benzene rings is 7. The second-order valence-electron chi connectivity index (χ2n) is 26.6. The first-order valence-electron chi connectivity index (χ1n) is 40.6. The van der Waals surface area contributed by atoms with Gasteiger partial charge in [0.2, 0.25) is 29.5 Å². The maximum Gasteiger partial charge on any atom is 0.248 e. The molecule has 5 amide bonds. The van der Waals surface area contributed by atoms with Crippen LogP contribution in [0.5, 0.6) is 0 Å². The van der Waals surface area contributed by atoms with Crippen molar-refractivity contribution in [1.29, 1.82) is 0 Å². The minimum absolute atomic E-state index is 0.0250. The van der Waals surface area contributed by atoms with E-state index in [-0.39, 0.29) is 59.7 Å². The lowest BCUT2D eigenvalue weighted by Gasteiger charge is -2.36. The number of hydrogen-bond donors (Lipinski definition) is 5. The predicted octanol–water partition coefficient (Wildman–Crippen LogP) is 18.0. The number of para-hydroxylation sites is 7. The van der Waals surface area contributed by atoms with Gasteiger partial charge in [-0.05, 0) is 220 Å². The molecule has 5 atom stereocenters. The maximum absolute atomic E-state index is 12.9. The number of aryl methyl sites for hydroxylation is 5. The van der Waals surface area contributed by atoms with Crippen LogP contribution in [0.1, 0.15) is 200 Å². The van der Waals surface area contributed by atoms with Crippen LogP contribution in [0.2, 0.25) is 0 Å². The Labute approximate surface area is 638 Å². The monoisotopic (exact) mass is 1440 g/mol. The average molecular weight is 1440 g/mol. The number of rotatable bonds is 10. The number of anilines is 7. The molecule has 0 saturated heterocycles. The van der Waals surface area contributed by atoms with Crippen LogP contribution >= 0.6 is 0 Å². The molecule has 5 heterocycles. The first-order valence-corrected chi connectivity index (χ1v) is 40.6. The van der Waals surface area contributed by atoms with Crippen molar-refractivity contribution >= 4 is 69.3 Å². The van der Waals surface area contributed by atoms with E-state index in [1.807, 2.05) is 228 Å². The van der Waals surface area contributed by atoms with Crippen molar-refractivity contribution in [2.45, 2.75) is 252 Å². The van der Waals surface area contributed by atoms with Crippen molar-refractivity contribution in [2.75, 3.05) is 59.7 Å². The molecule has 8 aliphatic rings. The van der Waals surface area contributed by atoms with E-state index in [1.54, 1.807) is 0 Å². The van der Waals surface area contributed by atoms with Crippen LogP contribution in [-0.2, 0) is 56.1 Å². The Morgan fingerprint density at radius 1 is 0.236 bits per heavy atom. The molecule has 5 N–H and O–H groups in total. The van der Waals surface area contributed by atoms with Crippen LogP contribution in [-0.4, -0.2) is 113 Å². The van der Waals surface area contributed by atoms with Crippen LogP contribution in [0.15, 0.2) is 182 Å². The van der Waals surface area contributed by atoms with Crippen LogP contribution in [0.3, 0.4) is 0 Å². The van der Waals surface area contributed by atoms with Crippen molar-refractivity contribution in [1.82, 2.24) is 26.6 Å². The standard InChI is InChI=1S/C17H24N2O.2C17H18N2O.C16H22N2O.C14H18N2O.5C2H6/c3*1-18-15-12-11-13-7-5-6-10-16(13)19(17(15)20)14-8-3-2-4-9-14;1-17-14-11-10-12-6-2-5-9-15(12)18(16(14)19)13-7-3-4-8-13;1-15-12-9-6-10-4-2-3-5-13(10)16(14(12)17)11-7-8-11;5*1-2/h5-7,10,14-15,18H,2-4,8-9,11-12H2,1H3;2*2-10,15,18H,11-12H2,1H3;2,5-6,9,13-14,17H,3-4,7-8,10-11H2,1H3;2-5,11-12,15H,6-9H2,1H3;5*1-2H3. The molecular formula is C91H130N10O5. The molecular weight excluding hydrogens is 1310 g/mol. The summed E-state index contributed by atoms with van der Waals surface area (Å²) >= 11 is 0. The highest BCUT2D eigenvalue weighted by Crippen LogP contribution is 2.40. The number of carbonyl (C=O) groups is 5. The number of likely N-dealkylation sites (N-methyl/N-ethyl adjacent to an activating group) is 5. The van der Waals surface area contributed by atoms with E-state index in [0.29, 0.717) is 18.1 Å². The number of nitrogens with zero attached hydrogens (tertiary/aromatic N) is 5. The second-order valence-corrected chi connectivity index (χ2v) is 26.6. The van der Waals surface area contributed by atoms with Gasteiger partial charge in [-0.15, -0.1) is 0 Å². The number of amides is 5. The number of fused-ring (bicyclic) bond motifs is 5. The van der Waals surface area contributed by atoms with Gasteiger partial charge in [0, 0.05) is 46.6 Å². The van der Waals surface area contributed by atoms with Crippen molar-refractivity contribution in [2.24, 2.45) is 0 Å². The highest BCUT2D eigenvalue weighted by Gasteiger charge is 2.40. The molecule has 0 bridgehead atoms. The molecule has 0 radical (unpaired) electrons. The fourth-order valence-electron chi connectivity index (χ4n) is 15.3. The summed E-state index contributed by atoms with van der Waals surface area (Å²) < 4.78 is 0. The first-order chi connectivity index (χ1) is 52.0. The molecule has 0 aromatic heterocycles. The molecule has 15 rings (SSSR count). The van der Waals surface area contributed by atoms with E-state index in [4.69, 9.17) is 0 Å². The summed E-state index contributed by atoms with van der Waals surface area (Å²) in [5.74, 6) is 1.01. The van der Waals surface area contributed by atoms with E-state index in [9.17, 15) is 24.0 Å². The van der Waals surface area contributed by atoms with Gasteiger partial charge in [0.05, 0.1) is 41.6 Å². The Morgan fingerprint density at radius 3 is 0.698 bits per heavy atom. The van der Waals surface area contributed by atoms with Gasteiger partial charge in [-0.25, -0.2) is 0 Å². The number of nitrogens with one attached hydrogen (secondary N) is 5. The molecule has 574 valence electrons. The zero-order valence-electron chi connectivity index (χ0n) is 67.1. The van der Waals surface area contributed by atoms with E-state index >= 15 is 0 Å². The molecule has 15 nitrogen and oxygen atoms in total. The lowest BCUT2D eigenvalue weighted by Crippen LogP contribution is -2.49. The Morgan fingerprint density at radius 2 is 0.443 bits per heavy atom. The molecule has 3 aliphatic carbocycles. The zero-order chi connectivity index (χ0) is 76.9. The van der Waals surface area contributed by atoms with Gasteiger partial charge >= 0.3 is 0 Å². The third-order valence-electron chi connectivity index (χ3n) is 20.7. The molecule has 15 heteroatoms. The summed E-state index contributed by atoms with van der Waals surface area (Å²) in [6.45, 7) is 20.0. The normalized spacial score (nSPS) is 20.2. The van der Waals surface area contributed by atoms with Crippen LogP contribution in [0.4, 0.5) is 39.8 Å². The summed E-state index contributed by atoms with van der Waals surface area (Å²) in [7, 11) is 9.37. The molecule has 106 heavy (non-hydrogen) atoms. The fourth-order valence-corrected chi connectivity index (χ4v) is 15.3. The minimum atomic E-state index is -0.136. The number of hydrogen-bond acceptors (Lipinski definition) is 10. The zero-order valence-corrected chi connectivity index (χ0v) is 67.1. The topological polar surface area (TPSA) is 162 Å². The Balaban J connectivity index is 0.000000201. The Bertz CT molecular complexity index is 3610. The molecule has 5 aliphatic heterocycles. The lowest BCUT2D eigenvalue weighted by atomic mass is 9.93. The van der Waals surface area contributed by atoms with Gasteiger partial charge in [0.25, 0.3) is 0 Å². The van der Waals surface area contributed by atoms with E-state index in [2.05, 4.69) is 109 Å². The third-order valence-corrected chi connectivity index (χ3v) is 20.7. The molecule has 5 unspecified atom stereocenters. The van der Waals surface area contributed by atoms with E-state index in [1.165, 1.54) is 59.9 Å². The van der Waals surface area contributed by atoms with E-state index < -0.39 is 0 Å². The van der Waals surface area contributed by atoms with E-state index in [0.717, 1.165) is 143 Å². The van der Waals surface area contributed by atoms with Gasteiger partial charge in [0.15, 0.2) is 0 Å². The summed E-state index contributed by atoms with van der Waals surface area (Å²) in [4.78, 5) is 73.7. The van der Waals surface area contributed by atoms with Crippen LogP contribution in [0, 0.1) is 0 Å². The third kappa shape index (κ3) is 22.4. The highest BCUT2D eigenvalue weighted by molar-refractivity contribution is 6.06. The first kappa shape index (κ1) is 86.6. The van der Waals surface area contributed by atoms with Crippen molar-refractivity contribution < 1.29 is 24.0 Å². The Kier molecular flexibility index (Phi) is 38.2. The SMILES string of the molecule is CC.CC.CC.CC.CC.CNC1CCc2ccccc2N(C2CC2)C1=O.CNC1CCc2ccccc2N(C2CCCC2)C1=O.CNC1CCc2ccccc2N(C2CCCCC2)C1=O.CNC1CCc2ccccc2N(c2ccccc2)C1=O.CNC1CCc2ccccc2N(c2ccccc2)C1=O.